The molecule has 1 saturated carbocycles. The molecule has 198 valence electrons. The van der Waals surface area contributed by atoms with Gasteiger partial charge in [-0.3, -0.25) is 0 Å². The van der Waals surface area contributed by atoms with E-state index in [0.29, 0.717) is 12.8 Å². The normalized spacial score (nSPS) is 26.5. The Balaban J connectivity index is 3.21. The molecule has 0 amide bonds. The molecule has 1 rings (SSSR count). The van der Waals surface area contributed by atoms with Gasteiger partial charge in [-0.1, -0.05) is 62.3 Å². The van der Waals surface area contributed by atoms with Gasteiger partial charge in [-0.2, -0.15) is 0 Å². The molecule has 33 heavy (non-hydrogen) atoms. The van der Waals surface area contributed by atoms with Crippen molar-refractivity contribution in [1.29, 1.82) is 0 Å². The quantitative estimate of drug-likeness (QED) is 0.331. The molecular formula is C26H58O4Si3. The highest BCUT2D eigenvalue weighted by atomic mass is 28.4. The van der Waals surface area contributed by atoms with Gasteiger partial charge in [0.2, 0.25) is 0 Å². The van der Waals surface area contributed by atoms with Crippen LogP contribution in [0.2, 0.25) is 54.4 Å². The SMILES string of the molecule is CC(C)(C)[Si](C)(C)OCCC1[C@H](O[Si](C)(C)C(C)(C)C)CC(O)C[C@H]1O[Si](C)(C)C(C)(C)C. The predicted octanol–water partition coefficient (Wildman–Crippen LogP) is 7.95. The average Bonchev–Trinajstić information content (AvgIpc) is 2.53. The summed E-state index contributed by atoms with van der Waals surface area (Å²) >= 11 is 0. The Morgan fingerprint density at radius 1 is 0.636 bits per heavy atom. The minimum atomic E-state index is -1.98. The van der Waals surface area contributed by atoms with Crippen molar-refractivity contribution < 1.29 is 18.4 Å². The molecule has 1 aliphatic carbocycles. The molecule has 0 aromatic rings. The van der Waals surface area contributed by atoms with Crippen molar-refractivity contribution in [2.24, 2.45) is 5.92 Å². The van der Waals surface area contributed by atoms with Crippen LogP contribution in [0.5, 0.6) is 0 Å². The Hall–Kier alpha value is 0.491. The van der Waals surface area contributed by atoms with E-state index < -0.39 is 25.0 Å². The van der Waals surface area contributed by atoms with Crippen LogP contribution in [-0.2, 0) is 13.3 Å². The Morgan fingerprint density at radius 3 is 1.27 bits per heavy atom. The highest BCUT2D eigenvalue weighted by Gasteiger charge is 2.48. The van der Waals surface area contributed by atoms with Crippen molar-refractivity contribution in [2.75, 3.05) is 6.61 Å². The highest BCUT2D eigenvalue weighted by molar-refractivity contribution is 6.75. The molecule has 0 saturated heterocycles. The first kappa shape index (κ1) is 31.5. The van der Waals surface area contributed by atoms with E-state index in [1.807, 2.05) is 0 Å². The summed E-state index contributed by atoms with van der Waals surface area (Å²) in [6.45, 7) is 35.3. The molecular weight excluding hydrogens is 461 g/mol. The first-order valence-corrected chi connectivity index (χ1v) is 21.8. The molecule has 0 aromatic heterocycles. The largest absolute Gasteiger partial charge is 0.417 e. The summed E-state index contributed by atoms with van der Waals surface area (Å²) in [7, 11) is -5.78. The zero-order valence-electron chi connectivity index (χ0n) is 24.8. The third-order valence-electron chi connectivity index (χ3n) is 9.19. The van der Waals surface area contributed by atoms with E-state index in [2.05, 4.69) is 102 Å². The summed E-state index contributed by atoms with van der Waals surface area (Å²) < 4.78 is 20.6. The lowest BCUT2D eigenvalue weighted by Gasteiger charge is -2.49. The molecule has 0 aromatic carbocycles. The molecule has 0 unspecified atom stereocenters. The maximum atomic E-state index is 10.9. The van der Waals surface area contributed by atoms with Gasteiger partial charge < -0.3 is 18.4 Å². The van der Waals surface area contributed by atoms with Gasteiger partial charge in [0.05, 0.1) is 18.3 Å². The maximum absolute atomic E-state index is 10.9. The van der Waals surface area contributed by atoms with E-state index in [9.17, 15) is 5.11 Å². The van der Waals surface area contributed by atoms with Gasteiger partial charge in [-0.25, -0.2) is 0 Å². The van der Waals surface area contributed by atoms with Crippen molar-refractivity contribution in [1.82, 2.24) is 0 Å². The molecule has 1 aliphatic rings. The fraction of sp³-hybridized carbons (Fsp3) is 1.00. The van der Waals surface area contributed by atoms with Crippen LogP contribution in [-0.4, -0.2) is 55.0 Å². The van der Waals surface area contributed by atoms with Crippen LogP contribution in [0, 0.1) is 5.92 Å². The van der Waals surface area contributed by atoms with Crippen LogP contribution in [0.25, 0.3) is 0 Å². The van der Waals surface area contributed by atoms with E-state index in [1.165, 1.54) is 0 Å². The first-order valence-electron chi connectivity index (χ1n) is 13.1. The average molecular weight is 519 g/mol. The van der Waals surface area contributed by atoms with Crippen LogP contribution in [0.4, 0.5) is 0 Å². The van der Waals surface area contributed by atoms with E-state index in [1.54, 1.807) is 0 Å². The zero-order valence-corrected chi connectivity index (χ0v) is 27.8. The van der Waals surface area contributed by atoms with Crippen molar-refractivity contribution in [3.8, 4) is 0 Å². The molecule has 1 N–H and O–H groups in total. The second kappa shape index (κ2) is 10.5. The molecule has 4 nitrogen and oxygen atoms in total. The summed E-state index contributed by atoms with van der Waals surface area (Å²) in [5.41, 5.74) is 0. The number of aliphatic hydroxyl groups is 1. The lowest BCUT2D eigenvalue weighted by Crippen LogP contribution is -2.55. The minimum Gasteiger partial charge on any atom is -0.417 e. The van der Waals surface area contributed by atoms with Gasteiger partial charge in [0.25, 0.3) is 0 Å². The summed E-state index contributed by atoms with van der Waals surface area (Å²) in [4.78, 5) is 0. The molecule has 0 heterocycles. The van der Waals surface area contributed by atoms with E-state index in [-0.39, 0.29) is 39.3 Å². The minimum absolute atomic E-state index is 0.0208. The molecule has 0 spiro atoms. The van der Waals surface area contributed by atoms with E-state index in [4.69, 9.17) is 13.3 Å². The first-order chi connectivity index (χ1) is 14.4. The molecule has 0 aliphatic heterocycles. The fourth-order valence-electron chi connectivity index (χ4n) is 3.64. The van der Waals surface area contributed by atoms with Crippen molar-refractivity contribution in [3.63, 3.8) is 0 Å². The third kappa shape index (κ3) is 8.25. The maximum Gasteiger partial charge on any atom is 0.192 e. The van der Waals surface area contributed by atoms with Crippen LogP contribution >= 0.6 is 0 Å². The third-order valence-corrected chi connectivity index (χ3v) is 22.7. The predicted molar refractivity (Wildman–Crippen MR) is 151 cm³/mol. The van der Waals surface area contributed by atoms with Crippen LogP contribution in [0.1, 0.15) is 81.6 Å². The van der Waals surface area contributed by atoms with Crippen LogP contribution in [0.3, 0.4) is 0 Å². The summed E-state index contributed by atoms with van der Waals surface area (Å²) in [6.07, 6.45) is 2.01. The molecule has 0 radical (unpaired) electrons. The highest BCUT2D eigenvalue weighted by Crippen LogP contribution is 2.45. The van der Waals surface area contributed by atoms with Crippen molar-refractivity contribution in [2.45, 2.75) is 154 Å². The topological polar surface area (TPSA) is 47.9 Å². The second-order valence-electron chi connectivity index (χ2n) is 15.0. The lowest BCUT2D eigenvalue weighted by molar-refractivity contribution is -0.0669. The Labute approximate surface area is 210 Å². The van der Waals surface area contributed by atoms with E-state index in [0.717, 1.165) is 13.0 Å². The lowest BCUT2D eigenvalue weighted by atomic mass is 9.81. The molecule has 2 atom stereocenters. The van der Waals surface area contributed by atoms with Gasteiger partial charge in [-0.15, -0.1) is 0 Å². The number of rotatable bonds is 8. The number of hydrogen-bond donors (Lipinski definition) is 1. The Morgan fingerprint density at radius 2 is 0.970 bits per heavy atom. The van der Waals surface area contributed by atoms with Crippen molar-refractivity contribution in [3.05, 3.63) is 0 Å². The van der Waals surface area contributed by atoms with Gasteiger partial charge in [-0.05, 0) is 73.7 Å². The standard InChI is InChI=1S/C26H58O4Si3/c1-24(2,3)31(10,11)28-17-16-21-22(29-32(12,13)25(4,5)6)18-20(27)19-23(21)30-33(14,15)26(7,8)9/h20-23,27H,16-19H2,1-15H3/t20?,21?,22-,23-/m1/s1. The van der Waals surface area contributed by atoms with Crippen LogP contribution in [0.15, 0.2) is 0 Å². The number of hydrogen-bond acceptors (Lipinski definition) is 4. The zero-order chi connectivity index (χ0) is 26.3. The van der Waals surface area contributed by atoms with Gasteiger partial charge >= 0.3 is 0 Å². The number of aliphatic hydroxyl groups excluding tert-OH is 1. The second-order valence-corrected chi connectivity index (χ2v) is 29.3. The Kier molecular flexibility index (Phi) is 9.99. The van der Waals surface area contributed by atoms with Gasteiger partial charge in [0.15, 0.2) is 25.0 Å². The smallest absolute Gasteiger partial charge is 0.192 e. The monoisotopic (exact) mass is 518 g/mol. The van der Waals surface area contributed by atoms with Gasteiger partial charge in [0.1, 0.15) is 0 Å². The fourth-order valence-corrected chi connectivity index (χ4v) is 7.47. The molecule has 7 heteroatoms. The summed E-state index contributed by atoms with van der Waals surface area (Å²) in [5, 5.41) is 11.3. The van der Waals surface area contributed by atoms with E-state index >= 15 is 0 Å². The van der Waals surface area contributed by atoms with Gasteiger partial charge in [0, 0.05) is 12.5 Å². The summed E-state index contributed by atoms with van der Waals surface area (Å²) in [5.74, 6) is 0.251. The van der Waals surface area contributed by atoms with Crippen LogP contribution < -0.4 is 0 Å². The van der Waals surface area contributed by atoms with Crippen molar-refractivity contribution >= 4 is 25.0 Å². The Bertz CT molecular complexity index is 589. The molecule has 0 bridgehead atoms. The molecule has 1 fully saturated rings. The summed E-state index contributed by atoms with van der Waals surface area (Å²) in [6, 6.07) is 0.